The molecule has 1 amide bonds. The first-order valence-electron chi connectivity index (χ1n) is 7.14. The molecular weight excluding hydrogens is 292 g/mol. The van der Waals surface area contributed by atoms with Crippen molar-refractivity contribution in [2.45, 2.75) is 6.10 Å². The van der Waals surface area contributed by atoms with Gasteiger partial charge in [-0.15, -0.1) is 0 Å². The predicted octanol–water partition coefficient (Wildman–Crippen LogP) is 0.348. The molecule has 21 heavy (non-hydrogen) atoms. The van der Waals surface area contributed by atoms with Crippen LogP contribution in [0, 0.1) is 0 Å². The fourth-order valence-corrected chi connectivity index (χ4v) is 2.65. The number of aromatic amines is 1. The third-order valence-corrected chi connectivity index (χ3v) is 3.99. The van der Waals surface area contributed by atoms with Crippen molar-refractivity contribution in [3.8, 4) is 0 Å². The number of β-amino-alcohol motifs (C(OH)–C–C–N with tert-alkyl or cyclic N) is 1. The van der Waals surface area contributed by atoms with Gasteiger partial charge in [0.15, 0.2) is 0 Å². The van der Waals surface area contributed by atoms with E-state index in [1.807, 2.05) is 0 Å². The third-order valence-electron chi connectivity index (χ3n) is 3.77. The fraction of sp³-hybridized carbons (Fsp3) is 0.643. The summed E-state index contributed by atoms with van der Waals surface area (Å²) >= 11 is 5.79. The first-order valence-corrected chi connectivity index (χ1v) is 7.52. The lowest BCUT2D eigenvalue weighted by Gasteiger charge is -2.34. The van der Waals surface area contributed by atoms with Gasteiger partial charge >= 0.3 is 0 Å². The first-order chi connectivity index (χ1) is 9.95. The molecule has 1 aromatic rings. The van der Waals surface area contributed by atoms with Crippen molar-refractivity contribution in [2.24, 2.45) is 0 Å². The highest BCUT2D eigenvalue weighted by atomic mass is 35.5. The SMILES string of the molecule is CN1CCN(CC(O)CN(C)C(=O)c2cc(Cl)c[nH]2)CC1. The number of amides is 1. The molecule has 1 aromatic heterocycles. The zero-order valence-corrected chi connectivity index (χ0v) is 13.3. The number of aromatic nitrogens is 1. The molecule has 1 saturated heterocycles. The normalized spacial score (nSPS) is 18.7. The summed E-state index contributed by atoms with van der Waals surface area (Å²) in [7, 11) is 3.78. The summed E-state index contributed by atoms with van der Waals surface area (Å²) in [5, 5.41) is 10.7. The highest BCUT2D eigenvalue weighted by Gasteiger charge is 2.20. The van der Waals surface area contributed by atoms with Crippen LogP contribution in [0.1, 0.15) is 10.5 Å². The van der Waals surface area contributed by atoms with Crippen LogP contribution in [0.4, 0.5) is 0 Å². The molecule has 1 aliphatic rings. The molecule has 0 spiro atoms. The molecule has 0 radical (unpaired) electrons. The summed E-state index contributed by atoms with van der Waals surface area (Å²) in [4.78, 5) is 21.0. The van der Waals surface area contributed by atoms with Gasteiger partial charge in [-0.05, 0) is 13.1 Å². The summed E-state index contributed by atoms with van der Waals surface area (Å²) in [6, 6.07) is 1.59. The van der Waals surface area contributed by atoms with Gasteiger partial charge in [0.25, 0.3) is 5.91 Å². The number of hydrogen-bond donors (Lipinski definition) is 2. The number of carbonyl (C=O) groups excluding carboxylic acids is 1. The quantitative estimate of drug-likeness (QED) is 0.823. The molecule has 2 heterocycles. The van der Waals surface area contributed by atoms with E-state index in [1.54, 1.807) is 19.3 Å². The van der Waals surface area contributed by atoms with Gasteiger partial charge < -0.3 is 19.9 Å². The molecular formula is C14H23ClN4O2. The minimum Gasteiger partial charge on any atom is -0.390 e. The topological polar surface area (TPSA) is 62.8 Å². The Morgan fingerprint density at radius 3 is 2.71 bits per heavy atom. The molecule has 7 heteroatoms. The predicted molar refractivity (Wildman–Crippen MR) is 82.7 cm³/mol. The third kappa shape index (κ3) is 4.71. The molecule has 0 saturated carbocycles. The van der Waals surface area contributed by atoms with E-state index in [-0.39, 0.29) is 5.91 Å². The molecule has 0 aliphatic carbocycles. The van der Waals surface area contributed by atoms with Gasteiger partial charge in [-0.3, -0.25) is 9.69 Å². The second-order valence-corrected chi connectivity index (χ2v) is 6.11. The van der Waals surface area contributed by atoms with Gasteiger partial charge in [-0.25, -0.2) is 0 Å². The van der Waals surface area contributed by atoms with Crippen LogP contribution in [0.5, 0.6) is 0 Å². The molecule has 6 nitrogen and oxygen atoms in total. The van der Waals surface area contributed by atoms with E-state index in [9.17, 15) is 9.90 Å². The zero-order valence-electron chi connectivity index (χ0n) is 12.5. The fourth-order valence-electron chi connectivity index (χ4n) is 2.48. The largest absolute Gasteiger partial charge is 0.390 e. The van der Waals surface area contributed by atoms with Crippen LogP contribution < -0.4 is 0 Å². The molecule has 2 rings (SSSR count). The molecule has 0 bridgehead atoms. The van der Waals surface area contributed by atoms with Crippen molar-refractivity contribution >= 4 is 17.5 Å². The van der Waals surface area contributed by atoms with Gasteiger partial charge in [0.05, 0.1) is 11.1 Å². The lowest BCUT2D eigenvalue weighted by Crippen LogP contribution is -2.49. The van der Waals surface area contributed by atoms with Crippen LogP contribution in [-0.4, -0.2) is 90.2 Å². The molecule has 2 N–H and O–H groups in total. The van der Waals surface area contributed by atoms with Crippen molar-refractivity contribution < 1.29 is 9.90 Å². The second kappa shape index (κ2) is 7.26. The number of aliphatic hydroxyl groups is 1. The Hall–Kier alpha value is -1.08. The van der Waals surface area contributed by atoms with Crippen LogP contribution in [-0.2, 0) is 0 Å². The summed E-state index contributed by atoms with van der Waals surface area (Å²) < 4.78 is 0. The highest BCUT2D eigenvalue weighted by molar-refractivity contribution is 6.30. The average molecular weight is 315 g/mol. The number of rotatable bonds is 5. The first kappa shape index (κ1) is 16.3. The van der Waals surface area contributed by atoms with Crippen LogP contribution in [0.15, 0.2) is 12.3 Å². The van der Waals surface area contributed by atoms with Crippen LogP contribution in [0.3, 0.4) is 0 Å². The number of nitrogens with zero attached hydrogens (tertiary/aromatic N) is 3. The molecule has 1 fully saturated rings. The van der Waals surface area contributed by atoms with Crippen molar-refractivity contribution in [3.05, 3.63) is 23.0 Å². The summed E-state index contributed by atoms with van der Waals surface area (Å²) in [5.41, 5.74) is 0.439. The standard InChI is InChI=1S/C14H23ClN4O2/c1-17-3-5-19(6-4-17)10-12(20)9-18(2)14(21)13-7-11(15)8-16-13/h7-8,12,16,20H,3-6,9-10H2,1-2H3. The Bertz CT molecular complexity index is 471. The molecule has 1 unspecified atom stereocenters. The Kier molecular flexibility index (Phi) is 5.64. The van der Waals surface area contributed by atoms with Gasteiger partial charge in [-0.1, -0.05) is 11.6 Å². The van der Waals surface area contributed by atoms with E-state index in [1.165, 1.54) is 4.90 Å². The monoisotopic (exact) mass is 314 g/mol. The maximum absolute atomic E-state index is 12.1. The van der Waals surface area contributed by atoms with E-state index < -0.39 is 6.10 Å². The van der Waals surface area contributed by atoms with E-state index in [0.717, 1.165) is 26.2 Å². The highest BCUT2D eigenvalue weighted by Crippen LogP contribution is 2.11. The van der Waals surface area contributed by atoms with E-state index in [4.69, 9.17) is 11.6 Å². The minimum absolute atomic E-state index is 0.167. The molecule has 0 aromatic carbocycles. The Balaban J connectivity index is 1.79. The lowest BCUT2D eigenvalue weighted by atomic mass is 10.2. The number of aliphatic hydroxyl groups excluding tert-OH is 1. The summed E-state index contributed by atoms with van der Waals surface area (Å²) in [6.07, 6.45) is 1.02. The molecule has 1 aliphatic heterocycles. The maximum Gasteiger partial charge on any atom is 0.270 e. The average Bonchev–Trinajstić information content (AvgIpc) is 2.87. The second-order valence-electron chi connectivity index (χ2n) is 5.67. The Morgan fingerprint density at radius 2 is 2.14 bits per heavy atom. The van der Waals surface area contributed by atoms with Crippen LogP contribution in [0.25, 0.3) is 0 Å². The van der Waals surface area contributed by atoms with Gasteiger partial charge in [0, 0.05) is 52.5 Å². The van der Waals surface area contributed by atoms with Gasteiger partial charge in [-0.2, -0.15) is 0 Å². The van der Waals surface area contributed by atoms with Crippen molar-refractivity contribution in [2.75, 3.05) is 53.4 Å². The lowest BCUT2D eigenvalue weighted by molar-refractivity contribution is 0.0499. The number of carbonyl (C=O) groups is 1. The smallest absolute Gasteiger partial charge is 0.270 e. The Labute approximate surface area is 130 Å². The number of likely N-dealkylation sites (N-methyl/N-ethyl adjacent to an activating group) is 2. The van der Waals surface area contributed by atoms with Crippen LogP contribution >= 0.6 is 11.6 Å². The van der Waals surface area contributed by atoms with Crippen molar-refractivity contribution in [1.82, 2.24) is 19.7 Å². The maximum atomic E-state index is 12.1. The number of H-pyrrole nitrogens is 1. The van der Waals surface area contributed by atoms with Crippen molar-refractivity contribution in [3.63, 3.8) is 0 Å². The number of hydrogen-bond acceptors (Lipinski definition) is 4. The van der Waals surface area contributed by atoms with E-state index in [0.29, 0.717) is 23.8 Å². The van der Waals surface area contributed by atoms with E-state index in [2.05, 4.69) is 21.8 Å². The number of halogens is 1. The van der Waals surface area contributed by atoms with Crippen LogP contribution in [0.2, 0.25) is 5.02 Å². The number of nitrogens with one attached hydrogen (secondary N) is 1. The zero-order chi connectivity index (χ0) is 15.4. The molecule has 118 valence electrons. The van der Waals surface area contributed by atoms with E-state index >= 15 is 0 Å². The minimum atomic E-state index is -0.548. The summed E-state index contributed by atoms with van der Waals surface area (Å²) in [5.74, 6) is -0.167. The number of piperazine rings is 1. The van der Waals surface area contributed by atoms with Gasteiger partial charge in [0.1, 0.15) is 5.69 Å². The summed E-state index contributed by atoms with van der Waals surface area (Å²) in [6.45, 7) is 4.85. The Morgan fingerprint density at radius 1 is 1.48 bits per heavy atom. The van der Waals surface area contributed by atoms with Crippen molar-refractivity contribution in [1.29, 1.82) is 0 Å². The van der Waals surface area contributed by atoms with Gasteiger partial charge in [0.2, 0.25) is 0 Å². The molecule has 1 atom stereocenters.